The second-order valence-electron chi connectivity index (χ2n) is 7.80. The van der Waals surface area contributed by atoms with Gasteiger partial charge in [-0.3, -0.25) is 9.59 Å². The lowest BCUT2D eigenvalue weighted by Crippen LogP contribution is -2.48. The van der Waals surface area contributed by atoms with Crippen molar-refractivity contribution in [2.75, 3.05) is 7.11 Å². The fraction of sp³-hybridized carbons (Fsp3) is 0.200. The molecule has 0 spiro atoms. The summed E-state index contributed by atoms with van der Waals surface area (Å²) in [6.07, 6.45) is 1.32. The maximum absolute atomic E-state index is 12.7. The van der Waals surface area contributed by atoms with Crippen molar-refractivity contribution in [3.8, 4) is 11.3 Å². The molecule has 182 valence electrons. The number of rotatable bonds is 8. The Morgan fingerprint density at radius 2 is 1.77 bits per heavy atom. The molecule has 3 rings (SSSR count). The number of hydrogen-bond acceptors (Lipinski definition) is 6. The molecule has 0 aliphatic heterocycles. The Morgan fingerprint density at radius 1 is 1.03 bits per heavy atom. The Kier molecular flexibility index (Phi) is 8.68. The molecule has 10 heteroatoms. The van der Waals surface area contributed by atoms with Crippen LogP contribution in [0.15, 0.2) is 64.1 Å². The summed E-state index contributed by atoms with van der Waals surface area (Å²) in [7, 11) is 1.31. The summed E-state index contributed by atoms with van der Waals surface area (Å²) >= 11 is 11.9. The maximum Gasteiger partial charge on any atom is 0.338 e. The van der Waals surface area contributed by atoms with Crippen molar-refractivity contribution < 1.29 is 23.5 Å². The van der Waals surface area contributed by atoms with Gasteiger partial charge < -0.3 is 14.5 Å². The lowest BCUT2D eigenvalue weighted by molar-refractivity contribution is -0.123. The van der Waals surface area contributed by atoms with Gasteiger partial charge in [-0.2, -0.15) is 5.10 Å². The molecule has 35 heavy (non-hydrogen) atoms. The van der Waals surface area contributed by atoms with E-state index in [0.29, 0.717) is 27.7 Å². The number of carbonyl (C=O) groups is 3. The highest BCUT2D eigenvalue weighted by Gasteiger charge is 2.25. The number of furan rings is 1. The summed E-state index contributed by atoms with van der Waals surface area (Å²) in [6.45, 7) is 3.58. The quantitative estimate of drug-likeness (QED) is 0.250. The Morgan fingerprint density at radius 3 is 2.46 bits per heavy atom. The standard InChI is InChI=1S/C25H23Cl2N3O5/c1-14(2)22(29-23(31)15-8-10-19(26)20(27)12-15)24(32)30-28-13-16-9-11-21(35-16)17-6-4-5-7-18(17)25(33)34-3/h4-14,22H,1-3H3,(H,29,31)(H,30,32)/b28-13-. The largest absolute Gasteiger partial charge is 0.465 e. The van der Waals surface area contributed by atoms with Crippen molar-refractivity contribution in [3.63, 3.8) is 0 Å². The molecule has 3 aromatic rings. The lowest BCUT2D eigenvalue weighted by Gasteiger charge is -2.20. The number of nitrogens with zero attached hydrogens (tertiary/aromatic N) is 1. The Bertz CT molecular complexity index is 1270. The third kappa shape index (κ3) is 6.49. The number of ether oxygens (including phenoxy) is 1. The molecule has 0 saturated heterocycles. The number of esters is 1. The van der Waals surface area contributed by atoms with Gasteiger partial charge in [-0.1, -0.05) is 55.2 Å². The van der Waals surface area contributed by atoms with E-state index in [1.807, 2.05) is 0 Å². The summed E-state index contributed by atoms with van der Waals surface area (Å²) in [5.41, 5.74) is 3.61. The number of halogens is 2. The second-order valence-corrected chi connectivity index (χ2v) is 8.61. The molecular formula is C25H23Cl2N3O5. The molecule has 2 N–H and O–H groups in total. The molecule has 0 bridgehead atoms. The monoisotopic (exact) mass is 515 g/mol. The first-order valence-corrected chi connectivity index (χ1v) is 11.3. The molecule has 0 aliphatic rings. The van der Waals surface area contributed by atoms with E-state index in [0.717, 1.165) is 0 Å². The minimum atomic E-state index is -0.854. The van der Waals surface area contributed by atoms with Crippen molar-refractivity contribution in [2.24, 2.45) is 11.0 Å². The molecule has 0 saturated carbocycles. The van der Waals surface area contributed by atoms with Crippen LogP contribution in [0.25, 0.3) is 11.3 Å². The molecule has 1 unspecified atom stereocenters. The third-order valence-electron chi connectivity index (χ3n) is 5.01. The van der Waals surface area contributed by atoms with E-state index in [-0.39, 0.29) is 16.5 Å². The number of carbonyl (C=O) groups excluding carboxylic acids is 3. The van der Waals surface area contributed by atoms with Crippen LogP contribution in [-0.4, -0.2) is 37.1 Å². The van der Waals surface area contributed by atoms with E-state index in [9.17, 15) is 14.4 Å². The van der Waals surface area contributed by atoms with Crippen molar-refractivity contribution in [2.45, 2.75) is 19.9 Å². The number of nitrogens with one attached hydrogen (secondary N) is 2. The van der Waals surface area contributed by atoms with Gasteiger partial charge in [0.1, 0.15) is 17.6 Å². The average Bonchev–Trinajstić information content (AvgIpc) is 3.32. The summed E-state index contributed by atoms with van der Waals surface area (Å²) in [5, 5.41) is 7.18. The van der Waals surface area contributed by atoms with E-state index in [1.54, 1.807) is 50.2 Å². The minimum Gasteiger partial charge on any atom is -0.465 e. The number of benzene rings is 2. The first kappa shape index (κ1) is 26.0. The van der Waals surface area contributed by atoms with Gasteiger partial charge >= 0.3 is 5.97 Å². The van der Waals surface area contributed by atoms with Crippen LogP contribution in [0, 0.1) is 5.92 Å². The molecule has 0 aliphatic carbocycles. The van der Waals surface area contributed by atoms with Crippen LogP contribution in [0.3, 0.4) is 0 Å². The Labute approximate surface area is 212 Å². The molecule has 2 aromatic carbocycles. The number of hydrazone groups is 1. The van der Waals surface area contributed by atoms with Crippen LogP contribution in [0.4, 0.5) is 0 Å². The van der Waals surface area contributed by atoms with E-state index in [1.165, 1.54) is 31.5 Å². The van der Waals surface area contributed by atoms with Crippen molar-refractivity contribution in [1.82, 2.24) is 10.7 Å². The van der Waals surface area contributed by atoms with Crippen LogP contribution in [0.2, 0.25) is 10.0 Å². The predicted molar refractivity (Wildman–Crippen MR) is 134 cm³/mol. The van der Waals surface area contributed by atoms with Crippen LogP contribution < -0.4 is 10.7 Å². The van der Waals surface area contributed by atoms with Gasteiger partial charge in [-0.05, 0) is 42.3 Å². The first-order valence-electron chi connectivity index (χ1n) is 10.6. The fourth-order valence-electron chi connectivity index (χ4n) is 3.18. The van der Waals surface area contributed by atoms with Gasteiger partial charge in [0, 0.05) is 11.1 Å². The van der Waals surface area contributed by atoms with Crippen LogP contribution in [-0.2, 0) is 9.53 Å². The van der Waals surface area contributed by atoms with Gasteiger partial charge in [0.05, 0.1) is 28.9 Å². The average molecular weight is 516 g/mol. The maximum atomic E-state index is 12.7. The van der Waals surface area contributed by atoms with Gasteiger partial charge in [-0.15, -0.1) is 0 Å². The zero-order valence-electron chi connectivity index (χ0n) is 19.2. The van der Waals surface area contributed by atoms with E-state index in [2.05, 4.69) is 15.8 Å². The van der Waals surface area contributed by atoms with Crippen LogP contribution in [0.5, 0.6) is 0 Å². The van der Waals surface area contributed by atoms with Crippen LogP contribution >= 0.6 is 23.2 Å². The summed E-state index contributed by atoms with van der Waals surface area (Å²) in [4.78, 5) is 37.3. The van der Waals surface area contributed by atoms with E-state index < -0.39 is 23.8 Å². The smallest absolute Gasteiger partial charge is 0.338 e. The molecule has 0 fully saturated rings. The molecule has 0 radical (unpaired) electrons. The zero-order chi connectivity index (χ0) is 25.5. The highest BCUT2D eigenvalue weighted by atomic mass is 35.5. The molecule has 8 nitrogen and oxygen atoms in total. The molecule has 1 heterocycles. The fourth-order valence-corrected chi connectivity index (χ4v) is 3.48. The van der Waals surface area contributed by atoms with Crippen molar-refractivity contribution in [1.29, 1.82) is 0 Å². The van der Waals surface area contributed by atoms with E-state index in [4.69, 9.17) is 32.4 Å². The predicted octanol–water partition coefficient (Wildman–Crippen LogP) is 4.94. The molecule has 2 amide bonds. The number of methoxy groups -OCH3 is 1. The highest BCUT2D eigenvalue weighted by molar-refractivity contribution is 6.42. The number of hydrogen-bond donors (Lipinski definition) is 2. The van der Waals surface area contributed by atoms with E-state index >= 15 is 0 Å². The Hall–Kier alpha value is -3.62. The summed E-state index contributed by atoms with van der Waals surface area (Å²) in [6, 6.07) is 13.8. The Balaban J connectivity index is 1.67. The molecule has 1 aromatic heterocycles. The highest BCUT2D eigenvalue weighted by Crippen LogP contribution is 2.26. The lowest BCUT2D eigenvalue weighted by atomic mass is 10.0. The summed E-state index contributed by atoms with van der Waals surface area (Å²) in [5.74, 6) is -0.897. The second kappa shape index (κ2) is 11.7. The van der Waals surface area contributed by atoms with Crippen molar-refractivity contribution in [3.05, 3.63) is 81.5 Å². The first-order chi connectivity index (χ1) is 16.7. The summed E-state index contributed by atoms with van der Waals surface area (Å²) < 4.78 is 10.5. The van der Waals surface area contributed by atoms with Gasteiger partial charge in [0.15, 0.2) is 0 Å². The molecular weight excluding hydrogens is 493 g/mol. The molecule has 1 atom stereocenters. The van der Waals surface area contributed by atoms with Gasteiger partial charge in [0.2, 0.25) is 0 Å². The third-order valence-corrected chi connectivity index (χ3v) is 5.75. The van der Waals surface area contributed by atoms with Gasteiger partial charge in [-0.25, -0.2) is 10.2 Å². The van der Waals surface area contributed by atoms with Gasteiger partial charge in [0.25, 0.3) is 11.8 Å². The topological polar surface area (TPSA) is 110 Å². The van der Waals surface area contributed by atoms with Crippen LogP contribution in [0.1, 0.15) is 40.3 Å². The zero-order valence-corrected chi connectivity index (χ0v) is 20.7. The number of amides is 2. The SMILES string of the molecule is COC(=O)c1ccccc1-c1ccc(/C=N\NC(=O)C(NC(=O)c2ccc(Cl)c(Cl)c2)C(C)C)o1. The minimum absolute atomic E-state index is 0.220. The normalized spacial score (nSPS) is 11.9. The van der Waals surface area contributed by atoms with Crippen molar-refractivity contribution >= 4 is 47.2 Å².